The van der Waals surface area contributed by atoms with E-state index in [0.717, 1.165) is 69.5 Å². The van der Waals surface area contributed by atoms with Gasteiger partial charge in [0.25, 0.3) is 0 Å². The number of benzene rings is 1. The van der Waals surface area contributed by atoms with E-state index in [2.05, 4.69) is 21.9 Å². The molecule has 1 saturated carbocycles. The quantitative estimate of drug-likeness (QED) is 0.657. The fourth-order valence-corrected chi connectivity index (χ4v) is 5.71. The Kier molecular flexibility index (Phi) is 6.65. The van der Waals surface area contributed by atoms with Crippen LogP contribution in [0.3, 0.4) is 0 Å². The number of carbonyl (C=O) groups is 1. The molecule has 1 aliphatic carbocycles. The molecular formula is C25H36N2O4. The van der Waals surface area contributed by atoms with Crippen molar-refractivity contribution in [2.75, 3.05) is 51.0 Å². The van der Waals surface area contributed by atoms with Gasteiger partial charge in [-0.2, -0.15) is 0 Å². The van der Waals surface area contributed by atoms with Crippen molar-refractivity contribution in [1.29, 1.82) is 0 Å². The van der Waals surface area contributed by atoms with Crippen molar-refractivity contribution >= 4 is 11.5 Å². The molecule has 0 radical (unpaired) electrons. The number of hydrogen-bond donors (Lipinski definition) is 0. The van der Waals surface area contributed by atoms with Crippen molar-refractivity contribution in [2.24, 2.45) is 11.8 Å². The molecule has 1 unspecified atom stereocenters. The number of Topliss-reactive ketones (excluding diaryl/α,β-unsaturated/α-hetero) is 1. The lowest BCUT2D eigenvalue weighted by Crippen LogP contribution is -2.47. The van der Waals surface area contributed by atoms with Gasteiger partial charge in [0.2, 0.25) is 6.79 Å². The van der Waals surface area contributed by atoms with Crippen LogP contribution in [0.25, 0.3) is 0 Å². The summed E-state index contributed by atoms with van der Waals surface area (Å²) in [5.41, 5.74) is 1.17. The molecule has 6 heteroatoms. The standard InChI is InChI=1S/C25H36N2O4/c28-22(23-5-2-16-29-23)17-20-8-6-19(7-9-20)10-11-26-12-14-27(15-13-26)21-3-1-4-24-25(21)31-18-30-24/h1,3-4,19-20,23H,2,5-18H2. The fourth-order valence-electron chi connectivity index (χ4n) is 5.71. The Bertz CT molecular complexity index is 748. The summed E-state index contributed by atoms with van der Waals surface area (Å²) in [6, 6.07) is 6.18. The topological polar surface area (TPSA) is 51.2 Å². The number of ether oxygens (including phenoxy) is 3. The molecule has 0 spiro atoms. The zero-order valence-electron chi connectivity index (χ0n) is 18.6. The lowest BCUT2D eigenvalue weighted by atomic mass is 9.78. The number of para-hydroxylation sites is 1. The van der Waals surface area contributed by atoms with Gasteiger partial charge in [-0.3, -0.25) is 9.69 Å². The average Bonchev–Trinajstić information content (AvgIpc) is 3.51. The van der Waals surface area contributed by atoms with Crippen LogP contribution in [0.5, 0.6) is 11.5 Å². The Morgan fingerprint density at radius 1 is 0.968 bits per heavy atom. The molecule has 0 aromatic heterocycles. The van der Waals surface area contributed by atoms with E-state index in [0.29, 0.717) is 18.5 Å². The summed E-state index contributed by atoms with van der Waals surface area (Å²) in [5, 5.41) is 0. The maximum absolute atomic E-state index is 12.4. The maximum Gasteiger partial charge on any atom is 0.231 e. The van der Waals surface area contributed by atoms with Crippen molar-refractivity contribution in [1.82, 2.24) is 4.90 Å². The van der Waals surface area contributed by atoms with Crippen molar-refractivity contribution in [3.8, 4) is 11.5 Å². The number of hydrogen-bond acceptors (Lipinski definition) is 6. The van der Waals surface area contributed by atoms with Crippen LogP contribution in [0.1, 0.15) is 51.4 Å². The zero-order chi connectivity index (χ0) is 21.0. The first-order valence-corrected chi connectivity index (χ1v) is 12.3. The number of anilines is 1. The van der Waals surface area contributed by atoms with Gasteiger partial charge in [0.05, 0.1) is 5.69 Å². The SMILES string of the molecule is O=C(CC1CCC(CCN2CCN(c3cccc4c3OCO4)CC2)CC1)C1CCCO1. The molecule has 2 saturated heterocycles. The largest absolute Gasteiger partial charge is 0.454 e. The Balaban J connectivity index is 1.01. The molecule has 0 N–H and O–H groups in total. The summed E-state index contributed by atoms with van der Waals surface area (Å²) >= 11 is 0. The normalized spacial score (nSPS) is 28.8. The number of carbonyl (C=O) groups excluding carboxylic acids is 1. The van der Waals surface area contributed by atoms with Gasteiger partial charge in [-0.1, -0.05) is 18.9 Å². The second-order valence-corrected chi connectivity index (χ2v) is 9.69. The molecule has 1 aromatic carbocycles. The Labute approximate surface area is 185 Å². The fraction of sp³-hybridized carbons (Fsp3) is 0.720. The minimum atomic E-state index is -0.0903. The molecule has 170 valence electrons. The van der Waals surface area contributed by atoms with Gasteiger partial charge >= 0.3 is 0 Å². The van der Waals surface area contributed by atoms with E-state index in [1.54, 1.807) is 0 Å². The Morgan fingerprint density at radius 3 is 2.55 bits per heavy atom. The molecule has 31 heavy (non-hydrogen) atoms. The van der Waals surface area contributed by atoms with Crippen molar-refractivity contribution in [2.45, 2.75) is 57.5 Å². The van der Waals surface area contributed by atoms with Gasteiger partial charge in [0.15, 0.2) is 17.3 Å². The van der Waals surface area contributed by atoms with Crippen LogP contribution in [0.4, 0.5) is 5.69 Å². The molecule has 1 aromatic rings. The van der Waals surface area contributed by atoms with Crippen LogP contribution in [0.15, 0.2) is 18.2 Å². The third kappa shape index (κ3) is 5.01. The Morgan fingerprint density at radius 2 is 1.77 bits per heavy atom. The number of piperazine rings is 1. The average molecular weight is 429 g/mol. The molecular weight excluding hydrogens is 392 g/mol. The summed E-state index contributed by atoms with van der Waals surface area (Å²) in [5.74, 6) is 3.56. The highest BCUT2D eigenvalue weighted by molar-refractivity contribution is 5.83. The van der Waals surface area contributed by atoms with Crippen molar-refractivity contribution in [3.63, 3.8) is 0 Å². The van der Waals surface area contributed by atoms with E-state index in [-0.39, 0.29) is 6.10 Å². The molecule has 3 fully saturated rings. The van der Waals surface area contributed by atoms with Crippen LogP contribution in [0, 0.1) is 11.8 Å². The molecule has 6 nitrogen and oxygen atoms in total. The second kappa shape index (κ2) is 9.78. The van der Waals surface area contributed by atoms with Crippen molar-refractivity contribution in [3.05, 3.63) is 18.2 Å². The predicted molar refractivity (Wildman–Crippen MR) is 120 cm³/mol. The minimum Gasteiger partial charge on any atom is -0.454 e. The summed E-state index contributed by atoms with van der Waals surface area (Å²) in [4.78, 5) is 17.4. The van der Waals surface area contributed by atoms with Gasteiger partial charge < -0.3 is 19.1 Å². The molecule has 3 heterocycles. The first-order valence-electron chi connectivity index (χ1n) is 12.3. The summed E-state index contributed by atoms with van der Waals surface area (Å²) < 4.78 is 16.8. The van der Waals surface area contributed by atoms with Gasteiger partial charge in [-0.25, -0.2) is 0 Å². The minimum absolute atomic E-state index is 0.0903. The number of nitrogens with zero attached hydrogens (tertiary/aromatic N) is 2. The molecule has 3 aliphatic heterocycles. The Hall–Kier alpha value is -1.79. The smallest absolute Gasteiger partial charge is 0.231 e. The van der Waals surface area contributed by atoms with Gasteiger partial charge in [-0.05, 0) is 62.6 Å². The molecule has 0 bridgehead atoms. The highest BCUT2D eigenvalue weighted by atomic mass is 16.7. The van der Waals surface area contributed by atoms with Crippen molar-refractivity contribution < 1.29 is 19.0 Å². The van der Waals surface area contributed by atoms with Crippen LogP contribution < -0.4 is 14.4 Å². The molecule has 1 atom stereocenters. The van der Waals surface area contributed by atoms with E-state index in [9.17, 15) is 4.79 Å². The first kappa shape index (κ1) is 21.1. The lowest BCUT2D eigenvalue weighted by molar-refractivity contribution is -0.129. The highest BCUT2D eigenvalue weighted by Crippen LogP contribution is 2.41. The van der Waals surface area contributed by atoms with E-state index in [1.807, 2.05) is 6.07 Å². The lowest BCUT2D eigenvalue weighted by Gasteiger charge is -2.37. The highest BCUT2D eigenvalue weighted by Gasteiger charge is 2.29. The van der Waals surface area contributed by atoms with E-state index in [4.69, 9.17) is 14.2 Å². The first-order chi connectivity index (χ1) is 15.3. The third-order valence-corrected chi connectivity index (χ3v) is 7.69. The number of rotatable bonds is 7. The van der Waals surface area contributed by atoms with Gasteiger partial charge in [-0.15, -0.1) is 0 Å². The maximum atomic E-state index is 12.4. The van der Waals surface area contributed by atoms with E-state index < -0.39 is 0 Å². The van der Waals surface area contributed by atoms with Gasteiger partial charge in [0.1, 0.15) is 6.10 Å². The number of ketones is 1. The third-order valence-electron chi connectivity index (χ3n) is 7.69. The van der Waals surface area contributed by atoms with Crippen LogP contribution in [-0.4, -0.2) is 62.9 Å². The van der Waals surface area contributed by atoms with Crippen LogP contribution in [-0.2, 0) is 9.53 Å². The predicted octanol–water partition coefficient (Wildman–Crippen LogP) is 3.87. The summed E-state index contributed by atoms with van der Waals surface area (Å²) in [7, 11) is 0. The van der Waals surface area contributed by atoms with Gasteiger partial charge in [0, 0.05) is 39.2 Å². The van der Waals surface area contributed by atoms with Crippen LogP contribution in [0.2, 0.25) is 0 Å². The van der Waals surface area contributed by atoms with Crippen LogP contribution >= 0.6 is 0 Å². The monoisotopic (exact) mass is 428 g/mol. The molecule has 0 amide bonds. The van der Waals surface area contributed by atoms with E-state index >= 15 is 0 Å². The second-order valence-electron chi connectivity index (χ2n) is 9.69. The molecule has 5 rings (SSSR count). The zero-order valence-corrected chi connectivity index (χ0v) is 18.6. The summed E-state index contributed by atoms with van der Waals surface area (Å²) in [6.07, 6.45) is 8.96. The van der Waals surface area contributed by atoms with E-state index in [1.165, 1.54) is 44.3 Å². The number of fused-ring (bicyclic) bond motifs is 1. The summed E-state index contributed by atoms with van der Waals surface area (Å²) in [6.45, 7) is 6.59. The molecule has 4 aliphatic rings.